The van der Waals surface area contributed by atoms with E-state index in [1.165, 1.54) is 5.56 Å². The zero-order valence-electron chi connectivity index (χ0n) is 15.2. The van der Waals surface area contributed by atoms with Crippen LogP contribution in [0.25, 0.3) is 0 Å². The molecule has 5 heteroatoms. The van der Waals surface area contributed by atoms with Crippen molar-refractivity contribution in [3.05, 3.63) is 64.2 Å². The highest BCUT2D eigenvalue weighted by Crippen LogP contribution is 2.35. The van der Waals surface area contributed by atoms with Crippen LogP contribution in [0.5, 0.6) is 5.75 Å². The molecule has 2 aromatic carbocycles. The van der Waals surface area contributed by atoms with Gasteiger partial charge in [-0.1, -0.05) is 35.9 Å². The van der Waals surface area contributed by atoms with Crippen molar-refractivity contribution in [1.82, 2.24) is 0 Å². The number of nitrogens with two attached hydrogens (primary N) is 1. The van der Waals surface area contributed by atoms with Gasteiger partial charge in [-0.15, -0.1) is 0 Å². The summed E-state index contributed by atoms with van der Waals surface area (Å²) in [5.41, 5.74) is 9.67. The highest BCUT2D eigenvalue weighted by Gasteiger charge is 2.34. The number of ether oxygens (including phenoxy) is 2. The SMILES string of the molecule is CCOc1ccc(Cc2cc([C@@H]3O[C@H](C)C[C@H](S)[C@H]3N)ccc2Cl)cc1. The average Bonchev–Trinajstić information content (AvgIpc) is 2.62. The Hall–Kier alpha value is -1.20. The second-order valence-corrected chi connectivity index (χ2v) is 7.92. The first-order valence-electron chi connectivity index (χ1n) is 9.07. The molecule has 0 radical (unpaired) electrons. The normalized spacial score (nSPS) is 25.9. The molecular formula is C21H26ClNO2S. The lowest BCUT2D eigenvalue weighted by atomic mass is 9.92. The molecule has 2 N–H and O–H groups in total. The predicted molar refractivity (Wildman–Crippen MR) is 111 cm³/mol. The van der Waals surface area contributed by atoms with E-state index in [-0.39, 0.29) is 23.5 Å². The van der Waals surface area contributed by atoms with Crippen molar-refractivity contribution in [3.63, 3.8) is 0 Å². The van der Waals surface area contributed by atoms with E-state index in [0.29, 0.717) is 6.61 Å². The summed E-state index contributed by atoms with van der Waals surface area (Å²) in [7, 11) is 0. The van der Waals surface area contributed by atoms with Crippen molar-refractivity contribution >= 4 is 24.2 Å². The summed E-state index contributed by atoms with van der Waals surface area (Å²) in [4.78, 5) is 0. The number of rotatable bonds is 5. The van der Waals surface area contributed by atoms with Crippen LogP contribution in [0.2, 0.25) is 5.02 Å². The maximum absolute atomic E-state index is 6.45. The van der Waals surface area contributed by atoms with E-state index in [1.54, 1.807) is 0 Å². The highest BCUT2D eigenvalue weighted by atomic mass is 35.5. The summed E-state index contributed by atoms with van der Waals surface area (Å²) in [5, 5.41) is 0.886. The average molecular weight is 392 g/mol. The number of hydrogen-bond donors (Lipinski definition) is 2. The number of hydrogen-bond acceptors (Lipinski definition) is 4. The van der Waals surface area contributed by atoms with E-state index >= 15 is 0 Å². The van der Waals surface area contributed by atoms with Gasteiger partial charge in [0.1, 0.15) is 5.75 Å². The molecule has 1 fully saturated rings. The lowest BCUT2D eigenvalue weighted by molar-refractivity contribution is -0.0502. The van der Waals surface area contributed by atoms with Gasteiger partial charge in [0.25, 0.3) is 0 Å². The summed E-state index contributed by atoms with van der Waals surface area (Å²) >= 11 is 11.1. The minimum absolute atomic E-state index is 0.131. The van der Waals surface area contributed by atoms with E-state index in [4.69, 9.17) is 26.8 Å². The number of halogens is 1. The first-order valence-corrected chi connectivity index (χ1v) is 9.96. The standard InChI is InChI=1S/C21H26ClNO2S/c1-3-24-17-7-4-14(5-8-17)11-16-12-15(6-9-18(16)22)21-20(23)19(26)10-13(2)25-21/h4-9,12-13,19-21,26H,3,10-11,23H2,1-2H3/t13-,19+,20-,21+/m1/s1. The Bertz CT molecular complexity index is 737. The maximum atomic E-state index is 6.45. The van der Waals surface area contributed by atoms with Crippen LogP contribution in [0.3, 0.4) is 0 Å². The molecule has 3 nitrogen and oxygen atoms in total. The van der Waals surface area contributed by atoms with Gasteiger partial charge in [0.05, 0.1) is 18.8 Å². The molecule has 26 heavy (non-hydrogen) atoms. The first kappa shape index (κ1) is 19.6. The Morgan fingerprint density at radius 1 is 1.23 bits per heavy atom. The van der Waals surface area contributed by atoms with Crippen LogP contribution in [-0.2, 0) is 11.2 Å². The molecule has 4 atom stereocenters. The summed E-state index contributed by atoms with van der Waals surface area (Å²) in [6.45, 7) is 4.71. The summed E-state index contributed by atoms with van der Waals surface area (Å²) < 4.78 is 11.6. The van der Waals surface area contributed by atoms with Gasteiger partial charge in [0, 0.05) is 16.3 Å². The Morgan fingerprint density at radius 2 is 1.96 bits per heavy atom. The fraction of sp³-hybridized carbons (Fsp3) is 0.429. The molecule has 1 heterocycles. The molecule has 1 aliphatic heterocycles. The Kier molecular flexibility index (Phi) is 6.51. The lowest BCUT2D eigenvalue weighted by Crippen LogP contribution is -2.45. The molecule has 0 aromatic heterocycles. The van der Waals surface area contributed by atoms with Crippen molar-refractivity contribution in [3.8, 4) is 5.75 Å². The topological polar surface area (TPSA) is 44.5 Å². The summed E-state index contributed by atoms with van der Waals surface area (Å²) in [5.74, 6) is 0.881. The molecule has 0 unspecified atom stereocenters. The largest absolute Gasteiger partial charge is 0.494 e. The minimum Gasteiger partial charge on any atom is -0.494 e. The van der Waals surface area contributed by atoms with Crippen molar-refractivity contribution in [2.24, 2.45) is 5.73 Å². The van der Waals surface area contributed by atoms with Gasteiger partial charge in [-0.25, -0.2) is 0 Å². The Balaban J connectivity index is 1.81. The molecule has 3 rings (SSSR count). The molecule has 0 saturated carbocycles. The van der Waals surface area contributed by atoms with E-state index in [0.717, 1.165) is 34.7 Å². The van der Waals surface area contributed by atoms with Gasteiger partial charge < -0.3 is 15.2 Å². The molecule has 1 saturated heterocycles. The molecule has 0 amide bonds. The number of thiol groups is 1. The van der Waals surface area contributed by atoms with Crippen LogP contribution in [0.4, 0.5) is 0 Å². The molecule has 0 aliphatic carbocycles. The Morgan fingerprint density at radius 3 is 2.65 bits per heavy atom. The van der Waals surface area contributed by atoms with Gasteiger partial charge in [0.15, 0.2) is 0 Å². The van der Waals surface area contributed by atoms with E-state index in [2.05, 4.69) is 37.8 Å². The molecular weight excluding hydrogens is 366 g/mol. The van der Waals surface area contributed by atoms with Crippen LogP contribution in [-0.4, -0.2) is 24.0 Å². The van der Waals surface area contributed by atoms with Gasteiger partial charge in [-0.2, -0.15) is 12.6 Å². The summed E-state index contributed by atoms with van der Waals surface area (Å²) in [6, 6.07) is 14.0. The van der Waals surface area contributed by atoms with E-state index < -0.39 is 0 Å². The quantitative estimate of drug-likeness (QED) is 0.719. The van der Waals surface area contributed by atoms with E-state index in [1.807, 2.05) is 31.2 Å². The van der Waals surface area contributed by atoms with Gasteiger partial charge in [-0.05, 0) is 61.6 Å². The van der Waals surface area contributed by atoms with Gasteiger partial charge in [-0.3, -0.25) is 0 Å². The second kappa shape index (κ2) is 8.66. The van der Waals surface area contributed by atoms with Crippen LogP contribution in [0.1, 0.15) is 43.1 Å². The second-order valence-electron chi connectivity index (χ2n) is 6.85. The van der Waals surface area contributed by atoms with E-state index in [9.17, 15) is 0 Å². The fourth-order valence-electron chi connectivity index (χ4n) is 3.39. The van der Waals surface area contributed by atoms with Crippen molar-refractivity contribution < 1.29 is 9.47 Å². The molecule has 2 aromatic rings. The highest BCUT2D eigenvalue weighted by molar-refractivity contribution is 7.81. The van der Waals surface area contributed by atoms with Crippen molar-refractivity contribution in [2.45, 2.75) is 50.2 Å². The van der Waals surface area contributed by atoms with Crippen LogP contribution < -0.4 is 10.5 Å². The zero-order chi connectivity index (χ0) is 18.7. The van der Waals surface area contributed by atoms with Crippen molar-refractivity contribution in [2.75, 3.05) is 6.61 Å². The first-order chi connectivity index (χ1) is 12.5. The number of benzene rings is 2. The Labute approximate surface area is 166 Å². The predicted octanol–water partition coefficient (Wildman–Crippen LogP) is 4.81. The third-order valence-corrected chi connectivity index (χ3v) is 5.70. The minimum atomic E-state index is -0.155. The van der Waals surface area contributed by atoms with Crippen molar-refractivity contribution in [1.29, 1.82) is 0 Å². The summed E-state index contributed by atoms with van der Waals surface area (Å²) in [6.07, 6.45) is 1.61. The van der Waals surface area contributed by atoms with Crippen LogP contribution in [0.15, 0.2) is 42.5 Å². The van der Waals surface area contributed by atoms with Gasteiger partial charge >= 0.3 is 0 Å². The molecule has 0 spiro atoms. The lowest BCUT2D eigenvalue weighted by Gasteiger charge is -2.37. The molecule has 1 aliphatic rings. The fourth-order valence-corrected chi connectivity index (χ4v) is 4.03. The maximum Gasteiger partial charge on any atom is 0.119 e. The molecule has 140 valence electrons. The van der Waals surface area contributed by atoms with Crippen LogP contribution >= 0.6 is 24.2 Å². The monoisotopic (exact) mass is 391 g/mol. The van der Waals surface area contributed by atoms with Crippen LogP contribution in [0, 0.1) is 0 Å². The zero-order valence-corrected chi connectivity index (χ0v) is 16.8. The van der Waals surface area contributed by atoms with Gasteiger partial charge in [0.2, 0.25) is 0 Å². The molecule has 0 bridgehead atoms. The third-order valence-electron chi connectivity index (χ3n) is 4.77. The third kappa shape index (κ3) is 4.55. The smallest absolute Gasteiger partial charge is 0.119 e.